The minimum Gasteiger partial charge on any atom is -0.431 e. The first-order chi connectivity index (χ1) is 10.2. The van der Waals surface area contributed by atoms with Crippen LogP contribution in [0.1, 0.15) is 11.1 Å². The molecule has 0 saturated heterocycles. The highest BCUT2D eigenvalue weighted by Gasteiger charge is 2.09. The van der Waals surface area contributed by atoms with Gasteiger partial charge in [0, 0.05) is 17.5 Å². The first kappa shape index (κ1) is 13.5. The Labute approximate surface area is 124 Å². The van der Waals surface area contributed by atoms with Crippen molar-refractivity contribution in [2.45, 2.75) is 11.0 Å². The molecule has 6 heteroatoms. The molecule has 0 amide bonds. The molecule has 104 valence electrons. The average Bonchev–Trinajstić information content (AvgIpc) is 2.87. The minimum absolute atomic E-state index is 0.366. The number of thioether (sulfide) groups is 1. The predicted molar refractivity (Wildman–Crippen MR) is 79.1 cm³/mol. The van der Waals surface area contributed by atoms with Gasteiger partial charge < -0.3 is 10.2 Å². The second-order valence-electron chi connectivity index (χ2n) is 4.41. The number of nitrogens with two attached hydrogens (primary N) is 1. The standard InChI is InChI=1S/C15H10FN3OS/c16-11-2-1-9(7-17)10(5-11)8-21-15-19-13-4-3-12(18)6-14(13)20-15/h1-6H,8,18H2. The van der Waals surface area contributed by atoms with Crippen LogP contribution in [0.3, 0.4) is 0 Å². The van der Waals surface area contributed by atoms with E-state index < -0.39 is 0 Å². The van der Waals surface area contributed by atoms with Gasteiger partial charge in [-0.3, -0.25) is 0 Å². The Hall–Kier alpha value is -2.52. The van der Waals surface area contributed by atoms with Crippen LogP contribution in [0.2, 0.25) is 0 Å². The molecule has 0 fully saturated rings. The third-order valence-electron chi connectivity index (χ3n) is 2.93. The maximum atomic E-state index is 13.2. The van der Waals surface area contributed by atoms with E-state index in [9.17, 15) is 4.39 Å². The summed E-state index contributed by atoms with van der Waals surface area (Å²) < 4.78 is 18.8. The molecular weight excluding hydrogens is 289 g/mol. The zero-order valence-electron chi connectivity index (χ0n) is 10.8. The van der Waals surface area contributed by atoms with Crippen molar-refractivity contribution in [3.63, 3.8) is 0 Å². The molecule has 0 saturated carbocycles. The lowest BCUT2D eigenvalue weighted by Gasteiger charge is -2.01. The fourth-order valence-corrected chi connectivity index (χ4v) is 2.74. The molecule has 0 aliphatic rings. The summed E-state index contributed by atoms with van der Waals surface area (Å²) in [5.74, 6) is 0.0399. The predicted octanol–water partition coefficient (Wildman–Crippen LogP) is 3.71. The number of hydrogen-bond donors (Lipinski definition) is 1. The monoisotopic (exact) mass is 299 g/mol. The van der Waals surface area contributed by atoms with Crippen molar-refractivity contribution in [3.05, 3.63) is 53.3 Å². The van der Waals surface area contributed by atoms with E-state index in [4.69, 9.17) is 15.4 Å². The van der Waals surface area contributed by atoms with Crippen molar-refractivity contribution in [1.29, 1.82) is 5.26 Å². The molecule has 0 unspecified atom stereocenters. The van der Waals surface area contributed by atoms with Crippen LogP contribution in [0.25, 0.3) is 11.1 Å². The average molecular weight is 299 g/mol. The molecule has 1 heterocycles. The lowest BCUT2D eigenvalue weighted by Crippen LogP contribution is -1.89. The second kappa shape index (κ2) is 5.46. The lowest BCUT2D eigenvalue weighted by atomic mass is 10.1. The van der Waals surface area contributed by atoms with Crippen molar-refractivity contribution in [2.24, 2.45) is 0 Å². The van der Waals surface area contributed by atoms with Crippen molar-refractivity contribution in [1.82, 2.24) is 4.98 Å². The Kier molecular flexibility index (Phi) is 3.50. The van der Waals surface area contributed by atoms with Crippen molar-refractivity contribution >= 4 is 28.5 Å². The van der Waals surface area contributed by atoms with Gasteiger partial charge in [-0.2, -0.15) is 5.26 Å². The largest absolute Gasteiger partial charge is 0.431 e. The van der Waals surface area contributed by atoms with Crippen LogP contribution in [0.5, 0.6) is 0 Å². The number of fused-ring (bicyclic) bond motifs is 1. The summed E-state index contributed by atoms with van der Waals surface area (Å²) >= 11 is 1.31. The molecule has 0 aliphatic heterocycles. The summed E-state index contributed by atoms with van der Waals surface area (Å²) in [5.41, 5.74) is 8.67. The van der Waals surface area contributed by atoms with E-state index >= 15 is 0 Å². The zero-order valence-corrected chi connectivity index (χ0v) is 11.7. The molecule has 4 nitrogen and oxygen atoms in total. The van der Waals surface area contributed by atoms with Gasteiger partial charge >= 0.3 is 0 Å². The Morgan fingerprint density at radius 1 is 1.29 bits per heavy atom. The van der Waals surface area contributed by atoms with Crippen molar-refractivity contribution in [3.8, 4) is 6.07 Å². The van der Waals surface area contributed by atoms with Gasteiger partial charge in [-0.15, -0.1) is 0 Å². The van der Waals surface area contributed by atoms with Crippen LogP contribution >= 0.6 is 11.8 Å². The Bertz CT molecular complexity index is 854. The van der Waals surface area contributed by atoms with Gasteiger partial charge in [-0.05, 0) is 35.9 Å². The molecule has 0 atom stereocenters. The van der Waals surface area contributed by atoms with Crippen LogP contribution in [-0.2, 0) is 5.75 Å². The Morgan fingerprint density at radius 2 is 2.14 bits per heavy atom. The van der Waals surface area contributed by atoms with Crippen LogP contribution in [0.4, 0.5) is 10.1 Å². The Balaban J connectivity index is 1.83. The molecule has 1 aromatic heterocycles. The summed E-state index contributed by atoms with van der Waals surface area (Å²) in [6.07, 6.45) is 0. The number of benzene rings is 2. The molecule has 0 spiro atoms. The summed E-state index contributed by atoms with van der Waals surface area (Å²) in [4.78, 5) is 4.31. The van der Waals surface area contributed by atoms with Gasteiger partial charge in [-0.25, -0.2) is 9.37 Å². The van der Waals surface area contributed by atoms with Gasteiger partial charge in [0.25, 0.3) is 5.22 Å². The highest BCUT2D eigenvalue weighted by molar-refractivity contribution is 7.98. The molecule has 2 N–H and O–H groups in total. The molecule has 0 aliphatic carbocycles. The SMILES string of the molecule is N#Cc1ccc(F)cc1CSc1nc2ccc(N)cc2o1. The molecule has 0 bridgehead atoms. The molecule has 2 aromatic carbocycles. The van der Waals surface area contributed by atoms with Crippen molar-refractivity contribution < 1.29 is 8.81 Å². The van der Waals surface area contributed by atoms with Gasteiger partial charge in [0.15, 0.2) is 5.58 Å². The zero-order chi connectivity index (χ0) is 14.8. The number of hydrogen-bond acceptors (Lipinski definition) is 5. The van der Waals surface area contributed by atoms with Crippen LogP contribution < -0.4 is 5.73 Å². The summed E-state index contributed by atoms with van der Waals surface area (Å²) in [6, 6.07) is 11.4. The van der Waals surface area contributed by atoms with Gasteiger partial charge in [0.1, 0.15) is 11.3 Å². The third kappa shape index (κ3) is 2.83. The van der Waals surface area contributed by atoms with E-state index in [2.05, 4.69) is 4.98 Å². The maximum absolute atomic E-state index is 13.2. The number of nitrogens with zero attached hydrogens (tertiary/aromatic N) is 2. The molecule has 21 heavy (non-hydrogen) atoms. The molecule has 3 rings (SSSR count). The lowest BCUT2D eigenvalue weighted by molar-refractivity contribution is 0.489. The van der Waals surface area contributed by atoms with Gasteiger partial charge in [0.2, 0.25) is 0 Å². The maximum Gasteiger partial charge on any atom is 0.257 e. The third-order valence-corrected chi connectivity index (χ3v) is 3.81. The minimum atomic E-state index is -0.366. The number of anilines is 1. The summed E-state index contributed by atoms with van der Waals surface area (Å²) in [7, 11) is 0. The van der Waals surface area contributed by atoms with Crippen LogP contribution in [0.15, 0.2) is 46.0 Å². The molecule has 0 radical (unpaired) electrons. The van der Waals surface area contributed by atoms with E-state index in [1.807, 2.05) is 6.07 Å². The summed E-state index contributed by atoms with van der Waals surface area (Å²) in [6.45, 7) is 0. The van der Waals surface area contributed by atoms with E-state index in [0.717, 1.165) is 0 Å². The van der Waals surface area contributed by atoms with Gasteiger partial charge in [-0.1, -0.05) is 11.8 Å². The number of aromatic nitrogens is 1. The number of oxazole rings is 1. The van der Waals surface area contributed by atoms with Crippen molar-refractivity contribution in [2.75, 3.05) is 5.73 Å². The number of nitrogen functional groups attached to an aromatic ring is 1. The normalized spacial score (nSPS) is 10.7. The topological polar surface area (TPSA) is 75.8 Å². The quantitative estimate of drug-likeness (QED) is 0.589. The van der Waals surface area contributed by atoms with E-state index in [-0.39, 0.29) is 5.82 Å². The fraction of sp³-hybridized carbons (Fsp3) is 0.0667. The van der Waals surface area contributed by atoms with Crippen LogP contribution in [0, 0.1) is 17.1 Å². The van der Waals surface area contributed by atoms with Gasteiger partial charge in [0.05, 0.1) is 11.6 Å². The van der Waals surface area contributed by atoms with E-state index in [1.165, 1.54) is 30.0 Å². The Morgan fingerprint density at radius 3 is 2.95 bits per heavy atom. The molecule has 3 aromatic rings. The smallest absolute Gasteiger partial charge is 0.257 e. The first-order valence-corrected chi connectivity index (χ1v) is 7.11. The van der Waals surface area contributed by atoms with E-state index in [0.29, 0.717) is 38.9 Å². The summed E-state index contributed by atoms with van der Waals surface area (Å²) in [5, 5.41) is 9.48. The fourth-order valence-electron chi connectivity index (χ4n) is 1.91. The van der Waals surface area contributed by atoms with E-state index in [1.54, 1.807) is 18.2 Å². The number of rotatable bonds is 3. The highest BCUT2D eigenvalue weighted by Crippen LogP contribution is 2.28. The second-order valence-corrected chi connectivity index (χ2v) is 5.34. The highest BCUT2D eigenvalue weighted by atomic mass is 32.2. The first-order valence-electron chi connectivity index (χ1n) is 6.13. The number of nitriles is 1. The van der Waals surface area contributed by atoms with Crippen LogP contribution in [-0.4, -0.2) is 4.98 Å². The molecular formula is C15H10FN3OS. The number of halogens is 1.